The fourth-order valence-corrected chi connectivity index (χ4v) is 2.14. The number of benzene rings is 1. The van der Waals surface area contributed by atoms with Gasteiger partial charge in [0.15, 0.2) is 0 Å². The van der Waals surface area contributed by atoms with Crippen LogP contribution in [0.5, 0.6) is 5.75 Å². The van der Waals surface area contributed by atoms with Gasteiger partial charge in [-0.3, -0.25) is 5.10 Å². The average molecular weight is 264 g/mol. The lowest BCUT2D eigenvalue weighted by Crippen LogP contribution is -2.24. The Hall–Kier alpha value is -1.68. The van der Waals surface area contributed by atoms with Crippen molar-refractivity contribution in [2.75, 3.05) is 5.73 Å². The molecule has 0 radical (unpaired) electrons. The van der Waals surface area contributed by atoms with Gasteiger partial charge in [-0.15, -0.1) is 0 Å². The molecule has 1 aromatic carbocycles. The average Bonchev–Trinajstić information content (AvgIpc) is 2.72. The molecule has 94 valence electrons. The van der Waals surface area contributed by atoms with Crippen LogP contribution in [-0.2, 0) is 0 Å². The second-order valence-corrected chi connectivity index (χ2v) is 4.93. The van der Waals surface area contributed by atoms with E-state index in [2.05, 4.69) is 10.2 Å². The molecule has 0 saturated heterocycles. The topological polar surface area (TPSA) is 63.9 Å². The predicted octanol–water partition coefficient (Wildman–Crippen LogP) is 3.24. The van der Waals surface area contributed by atoms with Crippen molar-refractivity contribution in [3.63, 3.8) is 0 Å². The third-order valence-electron chi connectivity index (χ3n) is 3.19. The van der Waals surface area contributed by atoms with Gasteiger partial charge in [0.25, 0.3) is 0 Å². The number of hydrogen-bond acceptors (Lipinski definition) is 3. The van der Waals surface area contributed by atoms with Crippen LogP contribution in [0.15, 0.2) is 24.3 Å². The zero-order chi connectivity index (χ0) is 12.5. The fraction of sp³-hybridized carbons (Fsp3) is 0.308. The predicted molar refractivity (Wildman–Crippen MR) is 71.7 cm³/mol. The van der Waals surface area contributed by atoms with Crippen molar-refractivity contribution in [2.24, 2.45) is 0 Å². The molecular weight excluding hydrogens is 250 g/mol. The van der Waals surface area contributed by atoms with Crippen LogP contribution in [0.2, 0.25) is 5.02 Å². The van der Waals surface area contributed by atoms with E-state index in [-0.39, 0.29) is 0 Å². The molecule has 0 unspecified atom stereocenters. The van der Waals surface area contributed by atoms with Gasteiger partial charge < -0.3 is 10.5 Å². The molecule has 1 heterocycles. The molecular formula is C13H14ClN3O. The van der Waals surface area contributed by atoms with Gasteiger partial charge in [-0.25, -0.2) is 0 Å². The first-order valence-corrected chi connectivity index (χ1v) is 6.37. The van der Waals surface area contributed by atoms with Gasteiger partial charge in [0.2, 0.25) is 0 Å². The van der Waals surface area contributed by atoms with Crippen LogP contribution in [0.3, 0.4) is 0 Å². The Balaban J connectivity index is 1.83. The van der Waals surface area contributed by atoms with Crippen molar-refractivity contribution in [2.45, 2.75) is 25.4 Å². The summed E-state index contributed by atoms with van der Waals surface area (Å²) in [5.74, 6) is 1.22. The molecule has 0 aliphatic heterocycles. The van der Waals surface area contributed by atoms with Gasteiger partial charge in [-0.05, 0) is 37.5 Å². The van der Waals surface area contributed by atoms with E-state index in [0.29, 0.717) is 16.9 Å². The number of nitrogens with zero attached hydrogens (tertiary/aromatic N) is 1. The van der Waals surface area contributed by atoms with Crippen molar-refractivity contribution in [3.8, 4) is 17.0 Å². The monoisotopic (exact) mass is 263 g/mol. The van der Waals surface area contributed by atoms with Crippen LogP contribution in [0.1, 0.15) is 19.3 Å². The summed E-state index contributed by atoms with van der Waals surface area (Å²) in [6.07, 6.45) is 3.81. The van der Waals surface area contributed by atoms with Gasteiger partial charge in [0.1, 0.15) is 11.6 Å². The molecule has 4 nitrogen and oxygen atoms in total. The number of hydrogen-bond donors (Lipinski definition) is 2. The quantitative estimate of drug-likeness (QED) is 0.893. The lowest BCUT2D eigenvalue weighted by atomic mass is 9.96. The molecule has 0 atom stereocenters. The van der Waals surface area contributed by atoms with E-state index in [1.54, 1.807) is 6.07 Å². The Morgan fingerprint density at radius 1 is 1.33 bits per heavy atom. The van der Waals surface area contributed by atoms with Crippen molar-refractivity contribution in [1.29, 1.82) is 0 Å². The second-order valence-electron chi connectivity index (χ2n) is 4.52. The maximum Gasteiger partial charge on any atom is 0.145 e. The first-order valence-electron chi connectivity index (χ1n) is 6.00. The lowest BCUT2D eigenvalue weighted by molar-refractivity contribution is 0.120. The Kier molecular flexibility index (Phi) is 2.88. The van der Waals surface area contributed by atoms with Crippen molar-refractivity contribution < 1.29 is 4.74 Å². The Morgan fingerprint density at radius 3 is 2.72 bits per heavy atom. The number of aromatic nitrogens is 2. The van der Waals surface area contributed by atoms with E-state index in [1.807, 2.05) is 18.2 Å². The van der Waals surface area contributed by atoms with Crippen LogP contribution < -0.4 is 10.5 Å². The zero-order valence-electron chi connectivity index (χ0n) is 9.82. The second kappa shape index (κ2) is 4.53. The summed E-state index contributed by atoms with van der Waals surface area (Å²) >= 11 is 6.22. The summed E-state index contributed by atoms with van der Waals surface area (Å²) in [6, 6.07) is 7.49. The summed E-state index contributed by atoms with van der Waals surface area (Å²) in [4.78, 5) is 0. The maximum atomic E-state index is 6.22. The number of anilines is 1. The van der Waals surface area contributed by atoms with Gasteiger partial charge in [0, 0.05) is 11.6 Å². The van der Waals surface area contributed by atoms with E-state index in [0.717, 1.165) is 29.8 Å². The van der Waals surface area contributed by atoms with Crippen molar-refractivity contribution in [3.05, 3.63) is 29.3 Å². The van der Waals surface area contributed by atoms with Crippen LogP contribution in [-0.4, -0.2) is 16.3 Å². The standard InChI is InChI=1S/C13H14ClN3O/c14-10-6-8(11-7-13(15)17-16-11)4-5-12(10)18-9-2-1-3-9/h4-7,9H,1-3H2,(H3,15,16,17). The highest BCUT2D eigenvalue weighted by molar-refractivity contribution is 6.32. The van der Waals surface area contributed by atoms with Crippen LogP contribution >= 0.6 is 11.6 Å². The van der Waals surface area contributed by atoms with Gasteiger partial charge in [-0.2, -0.15) is 5.10 Å². The molecule has 1 saturated carbocycles. The molecule has 3 N–H and O–H groups in total. The van der Waals surface area contributed by atoms with E-state index in [9.17, 15) is 0 Å². The largest absolute Gasteiger partial charge is 0.489 e. The smallest absolute Gasteiger partial charge is 0.145 e. The first kappa shape index (κ1) is 11.4. The number of nitrogens with two attached hydrogens (primary N) is 1. The maximum absolute atomic E-state index is 6.22. The summed E-state index contributed by atoms with van der Waals surface area (Å²) in [7, 11) is 0. The minimum atomic E-state index is 0.330. The fourth-order valence-electron chi connectivity index (χ4n) is 1.92. The van der Waals surface area contributed by atoms with E-state index in [1.165, 1.54) is 6.42 Å². The van der Waals surface area contributed by atoms with E-state index in [4.69, 9.17) is 22.1 Å². The molecule has 3 rings (SSSR count). The third kappa shape index (κ3) is 2.16. The Bertz CT molecular complexity index is 563. The molecule has 0 amide bonds. The number of nitrogen functional groups attached to an aromatic ring is 1. The van der Waals surface area contributed by atoms with E-state index >= 15 is 0 Å². The molecule has 0 spiro atoms. The summed E-state index contributed by atoms with van der Waals surface area (Å²) in [5.41, 5.74) is 7.38. The SMILES string of the molecule is Nc1cc(-c2ccc(OC3CCC3)c(Cl)c2)[nH]n1. The Morgan fingerprint density at radius 2 is 2.17 bits per heavy atom. The lowest BCUT2D eigenvalue weighted by Gasteiger charge is -2.26. The van der Waals surface area contributed by atoms with Crippen LogP contribution in [0, 0.1) is 0 Å². The number of rotatable bonds is 3. The zero-order valence-corrected chi connectivity index (χ0v) is 10.6. The molecule has 2 aromatic rings. The van der Waals surface area contributed by atoms with Gasteiger partial charge in [0.05, 0.1) is 16.8 Å². The minimum absolute atomic E-state index is 0.330. The highest BCUT2D eigenvalue weighted by atomic mass is 35.5. The number of H-pyrrole nitrogens is 1. The molecule has 5 heteroatoms. The molecule has 18 heavy (non-hydrogen) atoms. The molecule has 1 aliphatic carbocycles. The number of ether oxygens (including phenoxy) is 1. The summed E-state index contributed by atoms with van der Waals surface area (Å²) < 4.78 is 5.79. The highest BCUT2D eigenvalue weighted by Crippen LogP contribution is 2.33. The minimum Gasteiger partial charge on any atom is -0.489 e. The van der Waals surface area contributed by atoms with Gasteiger partial charge in [-0.1, -0.05) is 11.6 Å². The highest BCUT2D eigenvalue weighted by Gasteiger charge is 2.20. The summed E-state index contributed by atoms with van der Waals surface area (Å²) in [6.45, 7) is 0. The first-order chi connectivity index (χ1) is 8.72. The van der Waals surface area contributed by atoms with Gasteiger partial charge >= 0.3 is 0 Å². The molecule has 1 aromatic heterocycles. The third-order valence-corrected chi connectivity index (χ3v) is 3.48. The molecule has 0 bridgehead atoms. The molecule has 1 fully saturated rings. The van der Waals surface area contributed by atoms with Crippen molar-refractivity contribution in [1.82, 2.24) is 10.2 Å². The number of nitrogens with one attached hydrogen (secondary N) is 1. The number of halogens is 1. The number of aromatic amines is 1. The normalized spacial score (nSPS) is 15.4. The molecule has 1 aliphatic rings. The Labute approximate surface area is 110 Å². The summed E-state index contributed by atoms with van der Waals surface area (Å²) in [5, 5.41) is 7.37. The van der Waals surface area contributed by atoms with Crippen LogP contribution in [0.25, 0.3) is 11.3 Å². The van der Waals surface area contributed by atoms with Crippen LogP contribution in [0.4, 0.5) is 5.82 Å². The van der Waals surface area contributed by atoms with E-state index < -0.39 is 0 Å². The van der Waals surface area contributed by atoms with Crippen molar-refractivity contribution >= 4 is 17.4 Å².